The molecule has 1 unspecified atom stereocenters. The van der Waals surface area contributed by atoms with Crippen LogP contribution in [0.4, 0.5) is 0 Å². The summed E-state index contributed by atoms with van der Waals surface area (Å²) in [6, 6.07) is 0. The van der Waals surface area contributed by atoms with Crippen LogP contribution in [-0.4, -0.2) is 32.3 Å². The summed E-state index contributed by atoms with van der Waals surface area (Å²) < 4.78 is 13.1. The summed E-state index contributed by atoms with van der Waals surface area (Å²) in [7, 11) is -2.24. The summed E-state index contributed by atoms with van der Waals surface area (Å²) in [5.41, 5.74) is 3.17. The van der Waals surface area contributed by atoms with Crippen molar-refractivity contribution in [2.45, 2.75) is 137 Å². The molecule has 0 aromatic carbocycles. The molecule has 0 aliphatic carbocycles. The van der Waals surface area contributed by atoms with Crippen molar-refractivity contribution in [1.82, 2.24) is 0 Å². The number of rotatable bonds is 9. The molecule has 0 aromatic rings. The van der Waals surface area contributed by atoms with Gasteiger partial charge in [0.25, 0.3) is 0 Å². The zero-order chi connectivity index (χ0) is 27.1. The monoisotopic (exact) mass is 506 g/mol. The highest BCUT2D eigenvalue weighted by Crippen LogP contribution is 2.44. The number of ether oxygens (including phenoxy) is 1. The molecule has 0 spiro atoms. The summed E-state index contributed by atoms with van der Waals surface area (Å²) in [6.07, 6.45) is 4.59. The van der Waals surface area contributed by atoms with Crippen LogP contribution in [0, 0.1) is 17.8 Å². The van der Waals surface area contributed by atoms with Crippen LogP contribution in [0.5, 0.6) is 0 Å². The third-order valence-corrected chi connectivity index (χ3v) is 14.4. The van der Waals surface area contributed by atoms with Crippen molar-refractivity contribution in [3.8, 4) is 0 Å². The second kappa shape index (κ2) is 13.9. The third kappa shape index (κ3) is 8.70. The number of hydrogen-bond donors (Lipinski definition) is 0. The molecule has 0 saturated carbocycles. The molecular weight excluding hydrogens is 452 g/mol. The molecule has 0 bridgehead atoms. The Labute approximate surface area is 217 Å². The molecule has 1 aliphatic heterocycles. The van der Waals surface area contributed by atoms with Gasteiger partial charge in [0, 0.05) is 18.4 Å². The molecule has 1 aliphatic rings. The molecule has 0 aromatic heterocycles. The fourth-order valence-electron chi connectivity index (χ4n) is 6.19. The van der Waals surface area contributed by atoms with E-state index in [1.165, 1.54) is 5.57 Å². The van der Waals surface area contributed by atoms with E-state index in [9.17, 15) is 9.59 Å². The van der Waals surface area contributed by atoms with E-state index >= 15 is 0 Å². The fraction of sp³-hybridized carbons (Fsp3) is 0.800. The summed E-state index contributed by atoms with van der Waals surface area (Å²) >= 11 is 0. The number of carbonyl (C=O) groups excluding carboxylic acids is 2. The maximum atomic E-state index is 13.4. The van der Waals surface area contributed by atoms with Crippen molar-refractivity contribution >= 4 is 20.1 Å². The first-order valence-corrected chi connectivity index (χ1v) is 16.1. The summed E-state index contributed by atoms with van der Waals surface area (Å²) in [6.45, 7) is 28.1. The molecule has 0 saturated heterocycles. The van der Waals surface area contributed by atoms with Gasteiger partial charge in [-0.2, -0.15) is 0 Å². The van der Waals surface area contributed by atoms with E-state index in [1.54, 1.807) is 6.08 Å². The molecule has 5 heteroatoms. The number of ketones is 1. The molecule has 4 nitrogen and oxygen atoms in total. The Hall–Kier alpha value is -1.20. The van der Waals surface area contributed by atoms with Crippen LogP contribution in [0.2, 0.25) is 16.6 Å². The first-order valence-electron chi connectivity index (χ1n) is 13.9. The van der Waals surface area contributed by atoms with Crippen LogP contribution in [-0.2, 0) is 18.8 Å². The molecule has 0 N–H and O–H groups in total. The van der Waals surface area contributed by atoms with Crippen LogP contribution in [0.3, 0.4) is 0 Å². The largest absolute Gasteiger partial charge is 0.459 e. The Kier molecular flexibility index (Phi) is 12.7. The van der Waals surface area contributed by atoms with Gasteiger partial charge >= 0.3 is 5.97 Å². The number of Topliss-reactive ketones (excluding diaryl/α,β-unsaturated/α-hetero) is 1. The zero-order valence-electron chi connectivity index (χ0n) is 24.6. The average molecular weight is 507 g/mol. The van der Waals surface area contributed by atoms with E-state index in [-0.39, 0.29) is 41.7 Å². The summed E-state index contributed by atoms with van der Waals surface area (Å²) in [5, 5.41) is 0. The average Bonchev–Trinajstić information content (AvgIpc) is 2.73. The van der Waals surface area contributed by atoms with Gasteiger partial charge in [-0.05, 0) is 66.6 Å². The SMILES string of the molecule is C=C(CC)[C@H](C)CC1C[C@@H](C)C[C@@H](C)C(=O)C[C@H](O[Si](C(C)C)(C(C)C)C(C)C)/C(C)=C/C(=O)O1. The Morgan fingerprint density at radius 2 is 1.60 bits per heavy atom. The zero-order valence-corrected chi connectivity index (χ0v) is 25.6. The summed E-state index contributed by atoms with van der Waals surface area (Å²) in [4.78, 5) is 26.4. The minimum absolute atomic E-state index is 0.0454. The van der Waals surface area contributed by atoms with Gasteiger partial charge in [0.2, 0.25) is 8.32 Å². The van der Waals surface area contributed by atoms with Gasteiger partial charge in [0.05, 0.1) is 6.10 Å². The quantitative estimate of drug-likeness (QED) is 0.179. The van der Waals surface area contributed by atoms with Crippen molar-refractivity contribution in [3.63, 3.8) is 0 Å². The van der Waals surface area contributed by atoms with E-state index in [4.69, 9.17) is 9.16 Å². The Morgan fingerprint density at radius 3 is 2.09 bits per heavy atom. The van der Waals surface area contributed by atoms with Crippen LogP contribution in [0.15, 0.2) is 23.8 Å². The van der Waals surface area contributed by atoms with E-state index in [0.717, 1.165) is 31.3 Å². The van der Waals surface area contributed by atoms with Crippen LogP contribution in [0.25, 0.3) is 0 Å². The highest BCUT2D eigenvalue weighted by atomic mass is 28.4. The molecule has 5 atom stereocenters. The minimum Gasteiger partial charge on any atom is -0.459 e. The molecular formula is C30H54O4Si. The first-order chi connectivity index (χ1) is 16.1. The maximum absolute atomic E-state index is 13.4. The third-order valence-electron chi connectivity index (χ3n) is 8.31. The molecule has 1 heterocycles. The highest BCUT2D eigenvalue weighted by Gasteiger charge is 2.47. The molecule has 1 rings (SSSR count). The number of carbonyl (C=O) groups is 2. The molecule has 35 heavy (non-hydrogen) atoms. The lowest BCUT2D eigenvalue weighted by Gasteiger charge is -2.45. The lowest BCUT2D eigenvalue weighted by atomic mass is 9.85. The van der Waals surface area contributed by atoms with E-state index in [1.807, 2.05) is 13.8 Å². The number of hydrogen-bond acceptors (Lipinski definition) is 4. The predicted octanol–water partition coefficient (Wildman–Crippen LogP) is 8.42. The van der Waals surface area contributed by atoms with Crippen molar-refractivity contribution in [1.29, 1.82) is 0 Å². The van der Waals surface area contributed by atoms with Gasteiger partial charge < -0.3 is 9.16 Å². The van der Waals surface area contributed by atoms with E-state index in [0.29, 0.717) is 23.0 Å². The number of esters is 1. The van der Waals surface area contributed by atoms with Gasteiger partial charge in [-0.3, -0.25) is 4.79 Å². The minimum atomic E-state index is -2.24. The molecule has 202 valence electrons. The standard InChI is InChI=1S/C30H54O4Si/c1-13-23(9)24(10)16-27-15-22(8)14-25(11)28(31)18-29(26(12)17-30(32)33-27)34-35(19(2)3,20(4)5)21(6)7/h17,19-22,24-25,27,29H,9,13-16,18H2,1-8,10-12H3/b26-17+/t22-,24+,25+,27?,29-/m0/s1. The fourth-order valence-corrected chi connectivity index (χ4v) is 11.8. The van der Waals surface area contributed by atoms with Gasteiger partial charge in [-0.1, -0.05) is 81.4 Å². The molecule has 0 amide bonds. The first kappa shape index (κ1) is 31.8. The van der Waals surface area contributed by atoms with Crippen molar-refractivity contribution in [2.75, 3.05) is 0 Å². The van der Waals surface area contributed by atoms with Crippen LogP contribution >= 0.6 is 0 Å². The second-order valence-corrected chi connectivity index (χ2v) is 17.6. The van der Waals surface area contributed by atoms with Gasteiger partial charge in [-0.15, -0.1) is 0 Å². The van der Waals surface area contributed by atoms with Crippen molar-refractivity contribution in [2.24, 2.45) is 17.8 Å². The number of allylic oxidation sites excluding steroid dienone is 1. The van der Waals surface area contributed by atoms with Gasteiger partial charge in [0.1, 0.15) is 11.9 Å². The molecule has 0 fully saturated rings. The Balaban J connectivity index is 3.38. The Bertz CT molecular complexity index is 730. The van der Waals surface area contributed by atoms with Crippen molar-refractivity contribution < 1.29 is 18.8 Å². The van der Waals surface area contributed by atoms with E-state index in [2.05, 4.69) is 68.9 Å². The smallest absolute Gasteiger partial charge is 0.331 e. The second-order valence-electron chi connectivity index (χ2n) is 12.2. The summed E-state index contributed by atoms with van der Waals surface area (Å²) in [5.74, 6) is 0.429. The Morgan fingerprint density at radius 1 is 1.06 bits per heavy atom. The van der Waals surface area contributed by atoms with Gasteiger partial charge in [-0.25, -0.2) is 4.79 Å². The lowest BCUT2D eigenvalue weighted by Crippen LogP contribution is -2.51. The van der Waals surface area contributed by atoms with Crippen LogP contribution < -0.4 is 0 Å². The van der Waals surface area contributed by atoms with E-state index < -0.39 is 8.32 Å². The topological polar surface area (TPSA) is 52.6 Å². The number of cyclic esters (lactones) is 1. The lowest BCUT2D eigenvalue weighted by molar-refractivity contribution is -0.145. The van der Waals surface area contributed by atoms with Crippen LogP contribution in [0.1, 0.15) is 108 Å². The normalized spacial score (nSPS) is 27.8. The maximum Gasteiger partial charge on any atom is 0.331 e. The molecule has 0 radical (unpaired) electrons. The highest BCUT2D eigenvalue weighted by molar-refractivity contribution is 6.77. The van der Waals surface area contributed by atoms with Crippen molar-refractivity contribution in [3.05, 3.63) is 23.8 Å². The predicted molar refractivity (Wildman–Crippen MR) is 150 cm³/mol. The van der Waals surface area contributed by atoms with Gasteiger partial charge in [0.15, 0.2) is 0 Å².